The van der Waals surface area contributed by atoms with Crippen LogP contribution >= 0.6 is 31.9 Å². The molecule has 7 heteroatoms. The zero-order chi connectivity index (χ0) is 16.1. The molecule has 0 radical (unpaired) electrons. The van der Waals surface area contributed by atoms with Crippen LogP contribution in [0.5, 0.6) is 5.75 Å². The van der Waals surface area contributed by atoms with Crippen LogP contribution in [0.25, 0.3) is 0 Å². The fourth-order valence-electron chi connectivity index (χ4n) is 1.68. The number of benzene rings is 2. The Bertz CT molecular complexity index is 720. The molecular weight excluding hydrogens is 416 g/mol. The molecular formula is C15H12Br2N2O3. The Morgan fingerprint density at radius 3 is 2.59 bits per heavy atom. The standard InChI is InChI=1S/C15H12Br2N2O3/c16-10-4-5-13(12(17)7-10)22-8-14(20)19-11-3-1-2-9(6-11)15(18)21/h1-7H,8H2,(H2,18,21)(H,19,20). The minimum atomic E-state index is -0.550. The molecule has 3 N–H and O–H groups in total. The predicted octanol–water partition coefficient (Wildman–Crippen LogP) is 3.33. The molecule has 2 aromatic carbocycles. The van der Waals surface area contributed by atoms with E-state index in [1.54, 1.807) is 24.3 Å². The van der Waals surface area contributed by atoms with E-state index in [1.165, 1.54) is 6.07 Å². The van der Waals surface area contributed by atoms with Crippen molar-refractivity contribution in [3.05, 3.63) is 57.0 Å². The zero-order valence-electron chi connectivity index (χ0n) is 11.3. The van der Waals surface area contributed by atoms with E-state index < -0.39 is 5.91 Å². The first kappa shape index (κ1) is 16.5. The second-order valence-electron chi connectivity index (χ2n) is 4.36. The van der Waals surface area contributed by atoms with E-state index in [9.17, 15) is 9.59 Å². The van der Waals surface area contributed by atoms with E-state index in [1.807, 2.05) is 12.1 Å². The molecule has 0 heterocycles. The van der Waals surface area contributed by atoms with Gasteiger partial charge in [0.15, 0.2) is 6.61 Å². The van der Waals surface area contributed by atoms with Crippen LogP contribution in [0.15, 0.2) is 51.4 Å². The summed E-state index contributed by atoms with van der Waals surface area (Å²) in [6.45, 7) is -0.152. The smallest absolute Gasteiger partial charge is 0.262 e. The third-order valence-corrected chi connectivity index (χ3v) is 3.80. The van der Waals surface area contributed by atoms with Crippen LogP contribution < -0.4 is 15.8 Å². The number of rotatable bonds is 5. The largest absolute Gasteiger partial charge is 0.483 e. The summed E-state index contributed by atoms with van der Waals surface area (Å²) in [5, 5.41) is 2.64. The number of nitrogens with two attached hydrogens (primary N) is 1. The quantitative estimate of drug-likeness (QED) is 0.767. The molecule has 0 bridgehead atoms. The van der Waals surface area contributed by atoms with Crippen LogP contribution in [0.4, 0.5) is 5.69 Å². The van der Waals surface area contributed by atoms with Gasteiger partial charge in [0.05, 0.1) is 4.47 Å². The topological polar surface area (TPSA) is 81.4 Å². The molecule has 0 aliphatic carbocycles. The van der Waals surface area contributed by atoms with Crippen molar-refractivity contribution in [1.29, 1.82) is 0 Å². The summed E-state index contributed by atoms with van der Waals surface area (Å²) < 4.78 is 7.08. The number of ether oxygens (including phenoxy) is 1. The monoisotopic (exact) mass is 426 g/mol. The number of anilines is 1. The van der Waals surface area contributed by atoms with Gasteiger partial charge in [0.1, 0.15) is 5.75 Å². The maximum atomic E-state index is 11.9. The molecule has 0 atom stereocenters. The Balaban J connectivity index is 1.95. The molecule has 0 saturated carbocycles. The van der Waals surface area contributed by atoms with Gasteiger partial charge in [-0.05, 0) is 52.3 Å². The molecule has 2 rings (SSSR count). The van der Waals surface area contributed by atoms with Gasteiger partial charge in [-0.1, -0.05) is 22.0 Å². The Morgan fingerprint density at radius 2 is 1.91 bits per heavy atom. The van der Waals surface area contributed by atoms with E-state index >= 15 is 0 Å². The van der Waals surface area contributed by atoms with Crippen LogP contribution in [-0.2, 0) is 4.79 Å². The Kier molecular flexibility index (Phi) is 5.57. The lowest BCUT2D eigenvalue weighted by Gasteiger charge is -2.09. The maximum absolute atomic E-state index is 11.9. The van der Waals surface area contributed by atoms with E-state index in [2.05, 4.69) is 37.2 Å². The molecule has 0 fully saturated rings. The predicted molar refractivity (Wildman–Crippen MR) is 90.9 cm³/mol. The molecule has 114 valence electrons. The van der Waals surface area contributed by atoms with Crippen LogP contribution in [-0.4, -0.2) is 18.4 Å². The summed E-state index contributed by atoms with van der Waals surface area (Å²) in [4.78, 5) is 23.0. The SMILES string of the molecule is NC(=O)c1cccc(NC(=O)COc2ccc(Br)cc2Br)c1. The summed E-state index contributed by atoms with van der Waals surface area (Å²) in [5.74, 6) is -0.327. The number of halogens is 2. The summed E-state index contributed by atoms with van der Waals surface area (Å²) in [6.07, 6.45) is 0. The minimum Gasteiger partial charge on any atom is -0.483 e. The lowest BCUT2D eigenvalue weighted by molar-refractivity contribution is -0.118. The van der Waals surface area contributed by atoms with Gasteiger partial charge < -0.3 is 15.8 Å². The molecule has 0 aliphatic rings. The number of nitrogens with one attached hydrogen (secondary N) is 1. The Morgan fingerprint density at radius 1 is 1.14 bits per heavy atom. The van der Waals surface area contributed by atoms with Crippen molar-refractivity contribution in [2.24, 2.45) is 5.73 Å². The van der Waals surface area contributed by atoms with Crippen molar-refractivity contribution in [1.82, 2.24) is 0 Å². The molecule has 2 aromatic rings. The summed E-state index contributed by atoms with van der Waals surface area (Å²) >= 11 is 6.69. The van der Waals surface area contributed by atoms with Crippen molar-refractivity contribution in [3.8, 4) is 5.75 Å². The van der Waals surface area contributed by atoms with Gasteiger partial charge in [-0.25, -0.2) is 0 Å². The number of carbonyl (C=O) groups excluding carboxylic acids is 2. The fraction of sp³-hybridized carbons (Fsp3) is 0.0667. The number of hydrogen-bond acceptors (Lipinski definition) is 3. The van der Waals surface area contributed by atoms with Crippen molar-refractivity contribution in [3.63, 3.8) is 0 Å². The van der Waals surface area contributed by atoms with Crippen LogP contribution in [0.3, 0.4) is 0 Å². The lowest BCUT2D eigenvalue weighted by Crippen LogP contribution is -2.20. The fourth-order valence-corrected chi connectivity index (χ4v) is 2.84. The van der Waals surface area contributed by atoms with Crippen LogP contribution in [0, 0.1) is 0 Å². The average Bonchev–Trinajstić information content (AvgIpc) is 2.46. The van der Waals surface area contributed by atoms with Gasteiger partial charge >= 0.3 is 0 Å². The number of hydrogen-bond donors (Lipinski definition) is 2. The molecule has 5 nitrogen and oxygen atoms in total. The van der Waals surface area contributed by atoms with Crippen molar-refractivity contribution in [2.75, 3.05) is 11.9 Å². The molecule has 22 heavy (non-hydrogen) atoms. The highest BCUT2D eigenvalue weighted by Gasteiger charge is 2.08. The molecule has 0 saturated heterocycles. The highest BCUT2D eigenvalue weighted by atomic mass is 79.9. The van der Waals surface area contributed by atoms with Gasteiger partial charge in [-0.15, -0.1) is 0 Å². The van der Waals surface area contributed by atoms with Gasteiger partial charge in [0.2, 0.25) is 5.91 Å². The number of primary amides is 1. The first-order valence-corrected chi connectivity index (χ1v) is 7.82. The highest BCUT2D eigenvalue weighted by molar-refractivity contribution is 9.11. The first-order chi connectivity index (χ1) is 10.5. The molecule has 2 amide bonds. The van der Waals surface area contributed by atoms with Gasteiger partial charge in [-0.3, -0.25) is 9.59 Å². The molecule has 0 aliphatic heterocycles. The normalized spacial score (nSPS) is 10.1. The average molecular weight is 428 g/mol. The van der Waals surface area contributed by atoms with E-state index in [-0.39, 0.29) is 12.5 Å². The summed E-state index contributed by atoms with van der Waals surface area (Å²) in [7, 11) is 0. The minimum absolute atomic E-state index is 0.152. The Hall–Kier alpha value is -1.86. The first-order valence-electron chi connectivity index (χ1n) is 6.23. The van der Waals surface area contributed by atoms with Gasteiger partial charge in [-0.2, -0.15) is 0 Å². The van der Waals surface area contributed by atoms with Gasteiger partial charge in [0.25, 0.3) is 5.91 Å². The number of carbonyl (C=O) groups is 2. The lowest BCUT2D eigenvalue weighted by atomic mass is 10.2. The Labute approximate surface area is 144 Å². The maximum Gasteiger partial charge on any atom is 0.262 e. The van der Waals surface area contributed by atoms with Crippen molar-refractivity contribution < 1.29 is 14.3 Å². The van der Waals surface area contributed by atoms with E-state index in [0.717, 1.165) is 8.95 Å². The zero-order valence-corrected chi connectivity index (χ0v) is 14.5. The third kappa shape index (κ3) is 4.57. The molecule has 0 unspecified atom stereocenters. The second kappa shape index (κ2) is 7.42. The molecule has 0 spiro atoms. The van der Waals surface area contributed by atoms with Gasteiger partial charge in [0, 0.05) is 15.7 Å². The third-order valence-electron chi connectivity index (χ3n) is 2.68. The second-order valence-corrected chi connectivity index (χ2v) is 6.13. The van der Waals surface area contributed by atoms with Crippen LogP contribution in [0.2, 0.25) is 0 Å². The number of amides is 2. The van der Waals surface area contributed by atoms with E-state index in [0.29, 0.717) is 17.0 Å². The molecule has 0 aromatic heterocycles. The van der Waals surface area contributed by atoms with Crippen molar-refractivity contribution in [2.45, 2.75) is 0 Å². The van der Waals surface area contributed by atoms with E-state index in [4.69, 9.17) is 10.5 Å². The highest BCUT2D eigenvalue weighted by Crippen LogP contribution is 2.28. The summed E-state index contributed by atoms with van der Waals surface area (Å²) in [6, 6.07) is 11.8. The summed E-state index contributed by atoms with van der Waals surface area (Å²) in [5.41, 5.74) is 6.01. The van der Waals surface area contributed by atoms with Crippen molar-refractivity contribution >= 4 is 49.4 Å². The van der Waals surface area contributed by atoms with Crippen LogP contribution in [0.1, 0.15) is 10.4 Å².